The summed E-state index contributed by atoms with van der Waals surface area (Å²) in [6.07, 6.45) is 5.70. The van der Waals surface area contributed by atoms with E-state index in [1.807, 2.05) is 71.6 Å². The van der Waals surface area contributed by atoms with Gasteiger partial charge >= 0.3 is 0 Å². The Morgan fingerprint density at radius 2 is 2.03 bits per heavy atom. The van der Waals surface area contributed by atoms with Crippen molar-refractivity contribution in [2.75, 3.05) is 0 Å². The van der Waals surface area contributed by atoms with Crippen LogP contribution in [0.1, 0.15) is 30.5 Å². The van der Waals surface area contributed by atoms with Gasteiger partial charge in [0.2, 0.25) is 5.91 Å². The predicted octanol–water partition coefficient (Wildman–Crippen LogP) is 4.37. The SMILES string of the molecule is Cc1cccc(-c2n[nH]c(=S)n2CCC(=O)NC(C)c2ccc(-n3ccnc3)cc2)c1. The lowest BCUT2D eigenvalue weighted by Gasteiger charge is -2.15. The number of aromatic nitrogens is 5. The van der Waals surface area contributed by atoms with Crippen molar-refractivity contribution in [3.8, 4) is 17.1 Å². The molecule has 4 rings (SSSR count). The summed E-state index contributed by atoms with van der Waals surface area (Å²) in [4.78, 5) is 16.7. The first-order chi connectivity index (χ1) is 15.0. The lowest BCUT2D eigenvalue weighted by atomic mass is 10.1. The molecular formula is C23H24N6OS. The van der Waals surface area contributed by atoms with Gasteiger partial charge in [0.1, 0.15) is 0 Å². The molecule has 0 aliphatic carbocycles. The number of aryl methyl sites for hydroxylation is 1. The van der Waals surface area contributed by atoms with E-state index >= 15 is 0 Å². The van der Waals surface area contributed by atoms with Gasteiger partial charge in [-0.25, -0.2) is 4.98 Å². The molecule has 1 atom stereocenters. The normalized spacial score (nSPS) is 11.9. The number of carbonyl (C=O) groups is 1. The van der Waals surface area contributed by atoms with E-state index in [2.05, 4.69) is 26.6 Å². The van der Waals surface area contributed by atoms with Crippen LogP contribution in [0.3, 0.4) is 0 Å². The van der Waals surface area contributed by atoms with Crippen LogP contribution in [0.5, 0.6) is 0 Å². The van der Waals surface area contributed by atoms with Crippen molar-refractivity contribution in [3.05, 3.63) is 83.1 Å². The summed E-state index contributed by atoms with van der Waals surface area (Å²) in [5.41, 5.74) is 4.18. The van der Waals surface area contributed by atoms with Crippen LogP contribution < -0.4 is 5.32 Å². The summed E-state index contributed by atoms with van der Waals surface area (Å²) >= 11 is 5.37. The second-order valence-electron chi connectivity index (χ2n) is 7.47. The average Bonchev–Trinajstić information content (AvgIpc) is 3.42. The van der Waals surface area contributed by atoms with Gasteiger partial charge in [-0.3, -0.25) is 14.5 Å². The first-order valence-corrected chi connectivity index (χ1v) is 10.5. The molecule has 0 saturated carbocycles. The fraction of sp³-hybridized carbons (Fsp3) is 0.217. The number of imidazole rings is 1. The molecule has 7 nitrogen and oxygen atoms in total. The summed E-state index contributed by atoms with van der Waals surface area (Å²) in [6.45, 7) is 4.47. The highest BCUT2D eigenvalue weighted by Gasteiger charge is 2.13. The van der Waals surface area contributed by atoms with Crippen LogP contribution in [0.25, 0.3) is 17.1 Å². The summed E-state index contributed by atoms with van der Waals surface area (Å²) in [5.74, 6) is 0.703. The van der Waals surface area contributed by atoms with Gasteiger partial charge in [-0.05, 0) is 49.8 Å². The number of carbonyl (C=O) groups excluding carboxylic acids is 1. The minimum absolute atomic E-state index is 0.0375. The molecule has 4 aromatic rings. The first kappa shape index (κ1) is 20.7. The summed E-state index contributed by atoms with van der Waals surface area (Å²) < 4.78 is 4.31. The van der Waals surface area contributed by atoms with E-state index in [0.717, 1.165) is 28.2 Å². The molecule has 8 heteroatoms. The summed E-state index contributed by atoms with van der Waals surface area (Å²) in [6, 6.07) is 16.0. The maximum absolute atomic E-state index is 12.6. The molecule has 0 aliphatic heterocycles. The van der Waals surface area contributed by atoms with Gasteiger partial charge < -0.3 is 9.88 Å². The van der Waals surface area contributed by atoms with Gasteiger partial charge in [0.25, 0.3) is 0 Å². The van der Waals surface area contributed by atoms with E-state index in [0.29, 0.717) is 17.7 Å². The van der Waals surface area contributed by atoms with Crippen molar-refractivity contribution in [2.45, 2.75) is 32.9 Å². The molecule has 2 heterocycles. The van der Waals surface area contributed by atoms with Crippen molar-refractivity contribution in [2.24, 2.45) is 0 Å². The Balaban J connectivity index is 1.39. The van der Waals surface area contributed by atoms with Gasteiger partial charge in [-0.15, -0.1) is 0 Å². The lowest BCUT2D eigenvalue weighted by Crippen LogP contribution is -2.27. The molecule has 0 radical (unpaired) electrons. The number of nitrogens with one attached hydrogen (secondary N) is 2. The third-order valence-electron chi connectivity index (χ3n) is 5.17. The number of aromatic amines is 1. The number of H-pyrrole nitrogens is 1. The fourth-order valence-corrected chi connectivity index (χ4v) is 3.71. The second-order valence-corrected chi connectivity index (χ2v) is 7.86. The molecule has 2 N–H and O–H groups in total. The minimum Gasteiger partial charge on any atom is -0.350 e. The van der Waals surface area contributed by atoms with Gasteiger partial charge in [0.15, 0.2) is 10.6 Å². The molecule has 0 spiro atoms. The third-order valence-corrected chi connectivity index (χ3v) is 5.48. The third kappa shape index (κ3) is 4.80. The van der Waals surface area contributed by atoms with E-state index < -0.39 is 0 Å². The molecule has 0 aliphatic rings. The zero-order valence-electron chi connectivity index (χ0n) is 17.4. The fourth-order valence-electron chi connectivity index (χ4n) is 3.49. The number of benzene rings is 2. The highest BCUT2D eigenvalue weighted by atomic mass is 32.1. The van der Waals surface area contributed by atoms with Crippen LogP contribution in [0.4, 0.5) is 0 Å². The zero-order valence-corrected chi connectivity index (χ0v) is 18.3. The monoisotopic (exact) mass is 432 g/mol. The van der Waals surface area contributed by atoms with Crippen LogP contribution in [0.2, 0.25) is 0 Å². The van der Waals surface area contributed by atoms with E-state index in [1.54, 1.807) is 12.5 Å². The lowest BCUT2D eigenvalue weighted by molar-refractivity contribution is -0.121. The standard InChI is InChI=1S/C23H24N6OS/c1-16-4-3-5-19(14-16)22-26-27-23(31)29(22)12-10-21(30)25-17(2)18-6-8-20(9-7-18)28-13-11-24-15-28/h3-9,11,13-15,17H,10,12H2,1-2H3,(H,25,30)(H,27,31). The Kier molecular flexibility index (Phi) is 6.08. The smallest absolute Gasteiger partial charge is 0.222 e. The van der Waals surface area contributed by atoms with Gasteiger partial charge in [0, 0.05) is 36.6 Å². The topological polar surface area (TPSA) is 80.5 Å². The molecule has 2 aromatic carbocycles. The molecular weight excluding hydrogens is 408 g/mol. The van der Waals surface area contributed by atoms with Crippen molar-refractivity contribution >= 4 is 18.1 Å². The van der Waals surface area contributed by atoms with Crippen molar-refractivity contribution < 1.29 is 4.79 Å². The van der Waals surface area contributed by atoms with Crippen molar-refractivity contribution in [1.29, 1.82) is 0 Å². The number of rotatable bonds is 7. The molecule has 158 valence electrons. The molecule has 31 heavy (non-hydrogen) atoms. The minimum atomic E-state index is -0.0992. The predicted molar refractivity (Wildman–Crippen MR) is 122 cm³/mol. The van der Waals surface area contributed by atoms with Crippen LogP contribution >= 0.6 is 12.2 Å². The van der Waals surface area contributed by atoms with Crippen LogP contribution in [-0.2, 0) is 11.3 Å². The van der Waals surface area contributed by atoms with Crippen molar-refractivity contribution in [1.82, 2.24) is 29.6 Å². The number of nitrogens with zero attached hydrogens (tertiary/aromatic N) is 4. The van der Waals surface area contributed by atoms with Crippen LogP contribution in [0.15, 0.2) is 67.3 Å². The number of hydrogen-bond donors (Lipinski definition) is 2. The van der Waals surface area contributed by atoms with E-state index in [1.165, 1.54) is 0 Å². The molecule has 0 fully saturated rings. The van der Waals surface area contributed by atoms with Gasteiger partial charge in [0.05, 0.1) is 12.4 Å². The van der Waals surface area contributed by atoms with E-state index in [9.17, 15) is 4.79 Å². The average molecular weight is 433 g/mol. The number of hydrogen-bond acceptors (Lipinski definition) is 4. The Hall–Kier alpha value is -3.52. The maximum atomic E-state index is 12.6. The van der Waals surface area contributed by atoms with Gasteiger partial charge in [-0.1, -0.05) is 35.9 Å². The maximum Gasteiger partial charge on any atom is 0.222 e. The highest BCUT2D eigenvalue weighted by Crippen LogP contribution is 2.19. The number of amides is 1. The zero-order chi connectivity index (χ0) is 21.8. The Morgan fingerprint density at radius 3 is 2.74 bits per heavy atom. The quantitative estimate of drug-likeness (QED) is 0.425. The van der Waals surface area contributed by atoms with Crippen LogP contribution in [-0.4, -0.2) is 30.2 Å². The molecule has 0 saturated heterocycles. The summed E-state index contributed by atoms with van der Waals surface area (Å²) in [7, 11) is 0. The molecule has 1 unspecified atom stereocenters. The van der Waals surface area contributed by atoms with Crippen molar-refractivity contribution in [3.63, 3.8) is 0 Å². The highest BCUT2D eigenvalue weighted by molar-refractivity contribution is 7.71. The Bertz CT molecular complexity index is 1220. The molecule has 1 amide bonds. The largest absolute Gasteiger partial charge is 0.350 e. The van der Waals surface area contributed by atoms with E-state index in [4.69, 9.17) is 12.2 Å². The van der Waals surface area contributed by atoms with E-state index in [-0.39, 0.29) is 11.9 Å². The van der Waals surface area contributed by atoms with Crippen LogP contribution in [0, 0.1) is 11.7 Å². The Labute approximate surface area is 185 Å². The first-order valence-electron chi connectivity index (χ1n) is 10.1. The second kappa shape index (κ2) is 9.09. The Morgan fingerprint density at radius 1 is 1.23 bits per heavy atom. The van der Waals surface area contributed by atoms with Gasteiger partial charge in [-0.2, -0.15) is 5.10 Å². The molecule has 2 aromatic heterocycles. The summed E-state index contributed by atoms with van der Waals surface area (Å²) in [5, 5.41) is 10.3. The molecule has 0 bridgehead atoms.